The Kier molecular flexibility index (Phi) is 6.67. The highest BCUT2D eigenvalue weighted by Gasteiger charge is 2.32. The number of fused-ring (bicyclic) bond motifs is 3. The summed E-state index contributed by atoms with van der Waals surface area (Å²) in [5.74, 6) is 0.951. The molecule has 41 heavy (non-hydrogen) atoms. The fourth-order valence-corrected chi connectivity index (χ4v) is 6.63. The zero-order valence-corrected chi connectivity index (χ0v) is 23.8. The van der Waals surface area contributed by atoms with Gasteiger partial charge >= 0.3 is 0 Å². The second-order valence-electron chi connectivity index (χ2n) is 11.4. The Morgan fingerprint density at radius 1 is 0.951 bits per heavy atom. The molecule has 0 radical (unpaired) electrons. The molecule has 10 heteroatoms. The number of aromatic nitrogens is 6. The van der Waals surface area contributed by atoms with Crippen LogP contribution in [0.1, 0.15) is 30.1 Å². The van der Waals surface area contributed by atoms with E-state index in [-0.39, 0.29) is 17.8 Å². The van der Waals surface area contributed by atoms with Gasteiger partial charge in [-0.3, -0.25) is 4.98 Å². The minimum Gasteiger partial charge on any atom is -0.381 e. The Morgan fingerprint density at radius 2 is 1.73 bits per heavy atom. The number of halogens is 1. The average molecular weight is 555 g/mol. The molecule has 0 bridgehead atoms. The van der Waals surface area contributed by atoms with Gasteiger partial charge in [0.05, 0.1) is 34.0 Å². The summed E-state index contributed by atoms with van der Waals surface area (Å²) in [6, 6.07) is 11.3. The molecule has 212 valence electrons. The lowest BCUT2D eigenvalue weighted by molar-refractivity contribution is 0.0548. The van der Waals surface area contributed by atoms with Gasteiger partial charge in [0.2, 0.25) is 0 Å². The van der Waals surface area contributed by atoms with Gasteiger partial charge < -0.3 is 19.1 Å². The van der Waals surface area contributed by atoms with Crippen molar-refractivity contribution in [1.29, 1.82) is 0 Å². The fraction of sp³-hybridized carbons (Fsp3) is 0.419. The highest BCUT2D eigenvalue weighted by molar-refractivity contribution is 6.07. The zero-order chi connectivity index (χ0) is 28.1. The molecule has 2 aliphatic heterocycles. The molecule has 0 spiro atoms. The molecule has 2 fully saturated rings. The monoisotopic (exact) mass is 554 g/mol. The van der Waals surface area contributed by atoms with E-state index in [0.29, 0.717) is 18.8 Å². The Morgan fingerprint density at radius 3 is 2.46 bits per heavy atom. The first-order valence-corrected chi connectivity index (χ1v) is 14.4. The van der Waals surface area contributed by atoms with E-state index in [4.69, 9.17) is 14.7 Å². The number of rotatable bonds is 5. The number of pyridine rings is 2. The van der Waals surface area contributed by atoms with Gasteiger partial charge in [-0.15, -0.1) is 5.10 Å². The van der Waals surface area contributed by atoms with Crippen LogP contribution in [0.4, 0.5) is 10.2 Å². The maximum Gasteiger partial charge on any atom is 0.130 e. The van der Waals surface area contributed by atoms with E-state index in [1.54, 1.807) is 16.8 Å². The minimum atomic E-state index is -0.231. The van der Waals surface area contributed by atoms with Crippen LogP contribution in [0.3, 0.4) is 0 Å². The van der Waals surface area contributed by atoms with Gasteiger partial charge in [0, 0.05) is 81.4 Å². The van der Waals surface area contributed by atoms with Crippen molar-refractivity contribution < 1.29 is 9.13 Å². The predicted molar refractivity (Wildman–Crippen MR) is 158 cm³/mol. The number of ether oxygens (including phenoxy) is 1. The van der Waals surface area contributed by atoms with Crippen LogP contribution in [0.15, 0.2) is 48.8 Å². The Bertz CT molecular complexity index is 1700. The first kappa shape index (κ1) is 26.0. The molecule has 1 atom stereocenters. The second kappa shape index (κ2) is 10.5. The number of aryl methyl sites for hydroxylation is 2. The maximum atomic E-state index is 15.7. The normalized spacial score (nSPS) is 18.0. The molecule has 4 aromatic heterocycles. The third kappa shape index (κ3) is 4.55. The van der Waals surface area contributed by atoms with Gasteiger partial charge in [-0.2, -0.15) is 0 Å². The van der Waals surface area contributed by atoms with Gasteiger partial charge in [0.15, 0.2) is 0 Å². The Hall–Kier alpha value is -3.89. The summed E-state index contributed by atoms with van der Waals surface area (Å²) in [6.45, 7) is 7.12. The first-order chi connectivity index (χ1) is 20.0. The summed E-state index contributed by atoms with van der Waals surface area (Å²) in [5, 5.41) is 9.46. The molecule has 7 rings (SSSR count). The van der Waals surface area contributed by atoms with Gasteiger partial charge in [0.25, 0.3) is 0 Å². The molecule has 0 aliphatic carbocycles. The zero-order valence-electron chi connectivity index (χ0n) is 23.8. The topological polar surface area (TPSA) is 77.1 Å². The number of anilines is 1. The van der Waals surface area contributed by atoms with Crippen LogP contribution in [0.5, 0.6) is 0 Å². The van der Waals surface area contributed by atoms with Gasteiger partial charge in [-0.1, -0.05) is 23.4 Å². The molecule has 2 aliphatic rings. The molecule has 0 saturated carbocycles. The fourth-order valence-electron chi connectivity index (χ4n) is 6.63. The SMILES string of the molecule is Cc1nnn(C)c1-c1cnc2c3cnc(N4CCN(C)CC4)cc3n([C@H](c3ccccc3F)C3CCOCC3)c2c1. The van der Waals surface area contributed by atoms with Crippen LogP contribution < -0.4 is 4.90 Å². The van der Waals surface area contributed by atoms with Crippen molar-refractivity contribution in [2.24, 2.45) is 13.0 Å². The van der Waals surface area contributed by atoms with Gasteiger partial charge in [-0.05, 0) is 44.9 Å². The number of likely N-dealkylation sites (N-methyl/N-ethyl adjacent to an activating group) is 1. The quantitative estimate of drug-likeness (QED) is 0.314. The van der Waals surface area contributed by atoms with Crippen LogP contribution in [-0.4, -0.2) is 80.9 Å². The van der Waals surface area contributed by atoms with E-state index < -0.39 is 0 Å². The van der Waals surface area contributed by atoms with E-state index >= 15 is 4.39 Å². The summed E-state index contributed by atoms with van der Waals surface area (Å²) in [6.07, 6.45) is 5.55. The molecule has 0 unspecified atom stereocenters. The van der Waals surface area contributed by atoms with E-state index in [1.165, 1.54) is 0 Å². The van der Waals surface area contributed by atoms with Crippen molar-refractivity contribution in [3.63, 3.8) is 0 Å². The largest absolute Gasteiger partial charge is 0.381 e. The number of hydrogen-bond acceptors (Lipinski definition) is 7. The predicted octanol–water partition coefficient (Wildman–Crippen LogP) is 4.60. The summed E-state index contributed by atoms with van der Waals surface area (Å²) in [7, 11) is 4.05. The van der Waals surface area contributed by atoms with Crippen LogP contribution in [0, 0.1) is 18.7 Å². The Labute approximate surface area is 238 Å². The standard InChI is InChI=1S/C31H35FN8O/c1-20-30(38(3)36-35-20)22-16-27-29(34-18-22)24-19-33-28(39-12-10-37(2)11-13-39)17-26(24)40(27)31(21-8-14-41-15-9-21)23-6-4-5-7-25(23)32/h4-7,16-19,21,31H,8-15H2,1-3H3/t31-/m0/s1. The summed E-state index contributed by atoms with van der Waals surface area (Å²) < 4.78 is 25.6. The summed E-state index contributed by atoms with van der Waals surface area (Å²) in [5.41, 5.74) is 6.22. The summed E-state index contributed by atoms with van der Waals surface area (Å²) in [4.78, 5) is 14.6. The third-order valence-corrected chi connectivity index (χ3v) is 8.82. The molecule has 2 saturated heterocycles. The van der Waals surface area contributed by atoms with Crippen molar-refractivity contribution in [2.45, 2.75) is 25.8 Å². The van der Waals surface area contributed by atoms with E-state index in [1.807, 2.05) is 38.5 Å². The van der Waals surface area contributed by atoms with Crippen LogP contribution >= 0.6 is 0 Å². The first-order valence-electron chi connectivity index (χ1n) is 14.4. The molecule has 0 N–H and O–H groups in total. The van der Waals surface area contributed by atoms with Crippen molar-refractivity contribution in [3.8, 4) is 11.3 Å². The highest BCUT2D eigenvalue weighted by Crippen LogP contribution is 2.42. The van der Waals surface area contributed by atoms with E-state index in [9.17, 15) is 0 Å². The minimum absolute atomic E-state index is 0.192. The van der Waals surface area contributed by atoms with Crippen molar-refractivity contribution in [2.75, 3.05) is 51.3 Å². The molecule has 1 aromatic carbocycles. The number of hydrogen-bond donors (Lipinski definition) is 0. The van der Waals surface area contributed by atoms with E-state index in [2.05, 4.69) is 43.9 Å². The van der Waals surface area contributed by atoms with Crippen molar-refractivity contribution in [3.05, 3.63) is 65.9 Å². The average Bonchev–Trinajstić information content (AvgIpc) is 3.50. The van der Waals surface area contributed by atoms with Gasteiger partial charge in [0.1, 0.15) is 11.6 Å². The number of nitrogens with zero attached hydrogens (tertiary/aromatic N) is 8. The van der Waals surface area contributed by atoms with Crippen LogP contribution in [0.2, 0.25) is 0 Å². The smallest absolute Gasteiger partial charge is 0.130 e. The highest BCUT2D eigenvalue weighted by atomic mass is 19.1. The molecule has 6 heterocycles. The molecule has 9 nitrogen and oxygen atoms in total. The van der Waals surface area contributed by atoms with E-state index in [0.717, 1.165) is 83.7 Å². The van der Waals surface area contributed by atoms with Gasteiger partial charge in [-0.25, -0.2) is 14.1 Å². The lowest BCUT2D eigenvalue weighted by Gasteiger charge is -2.34. The molecular weight excluding hydrogens is 519 g/mol. The molecule has 5 aromatic rings. The summed E-state index contributed by atoms with van der Waals surface area (Å²) >= 11 is 0. The lowest BCUT2D eigenvalue weighted by Crippen LogP contribution is -2.44. The number of benzene rings is 1. The van der Waals surface area contributed by atoms with Crippen molar-refractivity contribution in [1.82, 2.24) is 34.4 Å². The molecular formula is C31H35FN8O. The Balaban J connectivity index is 1.50. The van der Waals surface area contributed by atoms with Crippen LogP contribution in [-0.2, 0) is 11.8 Å². The lowest BCUT2D eigenvalue weighted by atomic mass is 9.86. The maximum absolute atomic E-state index is 15.7. The molecule has 0 amide bonds. The number of piperazine rings is 1. The van der Waals surface area contributed by atoms with Crippen LogP contribution in [0.25, 0.3) is 33.2 Å². The third-order valence-electron chi connectivity index (χ3n) is 8.82. The second-order valence-corrected chi connectivity index (χ2v) is 11.4. The van der Waals surface area contributed by atoms with Crippen molar-refractivity contribution >= 4 is 27.8 Å².